The summed E-state index contributed by atoms with van der Waals surface area (Å²) in [5, 5.41) is 13.1. The van der Waals surface area contributed by atoms with Crippen molar-refractivity contribution in [3.8, 4) is 0 Å². The maximum Gasteiger partial charge on any atom is 0.227 e. The second-order valence-electron chi connectivity index (χ2n) is 7.77. The lowest BCUT2D eigenvalue weighted by molar-refractivity contribution is 0.131. The number of hydrogen-bond donors (Lipinski definition) is 2. The average Bonchev–Trinajstić information content (AvgIpc) is 2.97. The molecule has 0 saturated carbocycles. The van der Waals surface area contributed by atoms with Crippen molar-refractivity contribution in [2.75, 3.05) is 16.8 Å². The van der Waals surface area contributed by atoms with Gasteiger partial charge in [0.05, 0.1) is 17.8 Å². The van der Waals surface area contributed by atoms with Crippen LogP contribution in [0.2, 0.25) is 0 Å². The van der Waals surface area contributed by atoms with E-state index in [1.807, 2.05) is 19.1 Å². The molecule has 0 aromatic carbocycles. The molecule has 2 atom stereocenters. The quantitative estimate of drug-likeness (QED) is 0.717. The van der Waals surface area contributed by atoms with Crippen molar-refractivity contribution in [2.45, 2.75) is 58.7 Å². The summed E-state index contributed by atoms with van der Waals surface area (Å²) < 4.78 is 2.20. The standard InChI is InChI=1S/C20H27N7O/c1-12(2)27-14(4)23-16-11-22-19(10-17(16)27)24-18-5-7-21-20(25-18)26-8-6-15(28)9-13(26)3/h5,7,10-13,15,28H,6,8-9H2,1-4H3,(H,21,22,24,25)/t13-,15-/m1/s1. The highest BCUT2D eigenvalue weighted by Crippen LogP contribution is 2.25. The minimum Gasteiger partial charge on any atom is -0.393 e. The molecule has 1 saturated heterocycles. The average molecular weight is 381 g/mol. The van der Waals surface area contributed by atoms with Crippen molar-refractivity contribution in [3.63, 3.8) is 0 Å². The van der Waals surface area contributed by atoms with E-state index in [4.69, 9.17) is 0 Å². The largest absolute Gasteiger partial charge is 0.393 e. The van der Waals surface area contributed by atoms with Gasteiger partial charge in [-0.05, 0) is 46.6 Å². The van der Waals surface area contributed by atoms with E-state index >= 15 is 0 Å². The SMILES string of the molecule is Cc1nc2cnc(Nc3ccnc(N4CC[C@@H](O)C[C@H]4C)n3)cc2n1C(C)C. The number of aryl methyl sites for hydroxylation is 1. The van der Waals surface area contributed by atoms with Crippen LogP contribution >= 0.6 is 0 Å². The Balaban J connectivity index is 1.60. The second kappa shape index (κ2) is 7.35. The number of aliphatic hydroxyl groups excluding tert-OH is 1. The Morgan fingerprint density at radius 1 is 1.21 bits per heavy atom. The summed E-state index contributed by atoms with van der Waals surface area (Å²) in [6.45, 7) is 9.16. The third kappa shape index (κ3) is 3.52. The molecule has 0 unspecified atom stereocenters. The van der Waals surface area contributed by atoms with E-state index in [1.165, 1.54) is 0 Å². The van der Waals surface area contributed by atoms with Gasteiger partial charge in [-0.3, -0.25) is 0 Å². The number of nitrogens with zero attached hydrogens (tertiary/aromatic N) is 6. The van der Waals surface area contributed by atoms with Gasteiger partial charge in [0.1, 0.15) is 23.0 Å². The molecular weight excluding hydrogens is 354 g/mol. The van der Waals surface area contributed by atoms with Gasteiger partial charge in [-0.25, -0.2) is 15.0 Å². The molecular formula is C20H27N7O. The lowest BCUT2D eigenvalue weighted by Gasteiger charge is -2.35. The number of imidazole rings is 1. The Labute approximate surface area is 164 Å². The molecule has 0 amide bonds. The van der Waals surface area contributed by atoms with Crippen molar-refractivity contribution in [1.82, 2.24) is 24.5 Å². The molecule has 4 rings (SSSR count). The number of anilines is 3. The first kappa shape index (κ1) is 18.6. The lowest BCUT2D eigenvalue weighted by Crippen LogP contribution is -2.43. The normalized spacial score (nSPS) is 20.1. The zero-order valence-corrected chi connectivity index (χ0v) is 16.8. The Bertz CT molecular complexity index is 984. The van der Waals surface area contributed by atoms with E-state index in [-0.39, 0.29) is 12.1 Å². The molecule has 0 spiro atoms. The van der Waals surface area contributed by atoms with Crippen molar-refractivity contribution in [1.29, 1.82) is 0 Å². The van der Waals surface area contributed by atoms with E-state index in [0.717, 1.165) is 42.1 Å². The predicted molar refractivity (Wildman–Crippen MR) is 110 cm³/mol. The Morgan fingerprint density at radius 2 is 2.04 bits per heavy atom. The second-order valence-corrected chi connectivity index (χ2v) is 7.77. The van der Waals surface area contributed by atoms with E-state index < -0.39 is 0 Å². The first-order valence-corrected chi connectivity index (χ1v) is 9.81. The molecule has 148 valence electrons. The first-order valence-electron chi connectivity index (χ1n) is 9.81. The molecule has 1 aliphatic heterocycles. The molecule has 28 heavy (non-hydrogen) atoms. The molecule has 1 aliphatic rings. The van der Waals surface area contributed by atoms with Crippen molar-refractivity contribution in [2.24, 2.45) is 0 Å². The highest BCUT2D eigenvalue weighted by atomic mass is 16.3. The lowest BCUT2D eigenvalue weighted by atomic mass is 10.0. The van der Waals surface area contributed by atoms with Crippen LogP contribution in [-0.4, -0.2) is 48.3 Å². The van der Waals surface area contributed by atoms with Crippen LogP contribution < -0.4 is 10.2 Å². The van der Waals surface area contributed by atoms with E-state index in [2.05, 4.69) is 55.5 Å². The molecule has 3 aromatic heterocycles. The van der Waals surface area contributed by atoms with Crippen molar-refractivity contribution in [3.05, 3.63) is 30.4 Å². The predicted octanol–water partition coefficient (Wildman–Crippen LogP) is 3.20. The monoisotopic (exact) mass is 381 g/mol. The maximum atomic E-state index is 9.85. The zero-order chi connectivity index (χ0) is 19.8. The smallest absolute Gasteiger partial charge is 0.227 e. The van der Waals surface area contributed by atoms with Crippen LogP contribution in [0, 0.1) is 6.92 Å². The van der Waals surface area contributed by atoms with Gasteiger partial charge in [0.25, 0.3) is 0 Å². The fraction of sp³-hybridized carbons (Fsp3) is 0.500. The van der Waals surface area contributed by atoms with Crippen LogP contribution in [-0.2, 0) is 0 Å². The van der Waals surface area contributed by atoms with Gasteiger partial charge >= 0.3 is 0 Å². The Hall–Kier alpha value is -2.74. The van der Waals surface area contributed by atoms with Crippen LogP contribution in [0.5, 0.6) is 0 Å². The summed E-state index contributed by atoms with van der Waals surface area (Å²) in [5.41, 5.74) is 1.94. The third-order valence-electron chi connectivity index (χ3n) is 5.27. The molecule has 0 radical (unpaired) electrons. The molecule has 3 aromatic rings. The zero-order valence-electron chi connectivity index (χ0n) is 16.8. The van der Waals surface area contributed by atoms with Crippen LogP contribution in [0.15, 0.2) is 24.5 Å². The van der Waals surface area contributed by atoms with Crippen LogP contribution in [0.3, 0.4) is 0 Å². The molecule has 0 bridgehead atoms. The van der Waals surface area contributed by atoms with Gasteiger partial charge in [0.2, 0.25) is 5.95 Å². The van der Waals surface area contributed by atoms with Crippen LogP contribution in [0.4, 0.5) is 17.6 Å². The number of piperidine rings is 1. The summed E-state index contributed by atoms with van der Waals surface area (Å²) in [4.78, 5) is 20.3. The van der Waals surface area contributed by atoms with Crippen molar-refractivity contribution < 1.29 is 5.11 Å². The van der Waals surface area contributed by atoms with Gasteiger partial charge < -0.3 is 19.9 Å². The van der Waals surface area contributed by atoms with Crippen molar-refractivity contribution >= 4 is 28.6 Å². The molecule has 0 aliphatic carbocycles. The van der Waals surface area contributed by atoms with Crippen LogP contribution in [0.25, 0.3) is 11.0 Å². The summed E-state index contributed by atoms with van der Waals surface area (Å²) in [6, 6.07) is 4.37. The fourth-order valence-electron chi connectivity index (χ4n) is 3.97. The fourth-order valence-corrected chi connectivity index (χ4v) is 3.97. The molecule has 2 N–H and O–H groups in total. The van der Waals surface area contributed by atoms with Crippen LogP contribution in [0.1, 0.15) is 45.5 Å². The molecule has 8 heteroatoms. The summed E-state index contributed by atoms with van der Waals surface area (Å²) in [5.74, 6) is 3.08. The Kier molecular flexibility index (Phi) is 4.89. The first-order chi connectivity index (χ1) is 13.4. The number of rotatable bonds is 4. The molecule has 8 nitrogen and oxygen atoms in total. The van der Waals surface area contributed by atoms with Gasteiger partial charge in [0, 0.05) is 30.9 Å². The minimum absolute atomic E-state index is 0.205. The minimum atomic E-state index is -0.238. The van der Waals surface area contributed by atoms with E-state index in [9.17, 15) is 5.11 Å². The van der Waals surface area contributed by atoms with E-state index in [1.54, 1.807) is 12.4 Å². The van der Waals surface area contributed by atoms with Gasteiger partial charge in [0.15, 0.2) is 0 Å². The molecule has 1 fully saturated rings. The third-order valence-corrected chi connectivity index (χ3v) is 5.27. The number of fused-ring (bicyclic) bond motifs is 1. The highest BCUT2D eigenvalue weighted by Gasteiger charge is 2.26. The Morgan fingerprint density at radius 3 is 2.79 bits per heavy atom. The number of pyridine rings is 1. The molecule has 4 heterocycles. The topological polar surface area (TPSA) is 92.0 Å². The summed E-state index contributed by atoms with van der Waals surface area (Å²) in [7, 11) is 0. The number of aliphatic hydroxyl groups is 1. The summed E-state index contributed by atoms with van der Waals surface area (Å²) >= 11 is 0. The van der Waals surface area contributed by atoms with Gasteiger partial charge in [-0.2, -0.15) is 4.98 Å². The maximum absolute atomic E-state index is 9.85. The highest BCUT2D eigenvalue weighted by molar-refractivity contribution is 5.79. The van der Waals surface area contributed by atoms with Gasteiger partial charge in [-0.1, -0.05) is 0 Å². The summed E-state index contributed by atoms with van der Waals surface area (Å²) in [6.07, 6.45) is 4.78. The number of aromatic nitrogens is 5. The number of hydrogen-bond acceptors (Lipinski definition) is 7. The number of nitrogens with one attached hydrogen (secondary N) is 1. The van der Waals surface area contributed by atoms with E-state index in [0.29, 0.717) is 17.8 Å². The van der Waals surface area contributed by atoms with Gasteiger partial charge in [-0.15, -0.1) is 0 Å².